The number of fused-ring (bicyclic) bond motifs is 2. The van der Waals surface area contributed by atoms with Gasteiger partial charge in [0, 0.05) is 19.0 Å². The normalized spacial score (nSPS) is 21.9. The highest BCUT2D eigenvalue weighted by molar-refractivity contribution is 5.32. The molecule has 2 unspecified atom stereocenters. The SMILES string of the molecule is CC(NC1CCCc2ccccc21)c1nnc2n1CCC2. The Kier molecular flexibility index (Phi) is 3.26. The highest BCUT2D eigenvalue weighted by atomic mass is 15.3. The quantitative estimate of drug-likeness (QED) is 0.941. The summed E-state index contributed by atoms with van der Waals surface area (Å²) < 4.78 is 2.30. The van der Waals surface area contributed by atoms with Crippen molar-refractivity contribution in [2.75, 3.05) is 0 Å². The number of benzene rings is 1. The van der Waals surface area contributed by atoms with E-state index in [1.807, 2.05) is 0 Å². The van der Waals surface area contributed by atoms with Crippen LogP contribution in [0.2, 0.25) is 0 Å². The smallest absolute Gasteiger partial charge is 0.149 e. The molecule has 2 aliphatic rings. The van der Waals surface area contributed by atoms with E-state index in [-0.39, 0.29) is 6.04 Å². The Labute approximate surface area is 125 Å². The van der Waals surface area contributed by atoms with E-state index < -0.39 is 0 Å². The number of hydrogen-bond acceptors (Lipinski definition) is 3. The molecule has 2 heterocycles. The van der Waals surface area contributed by atoms with E-state index in [0.717, 1.165) is 24.6 Å². The van der Waals surface area contributed by atoms with E-state index in [2.05, 4.69) is 51.3 Å². The van der Waals surface area contributed by atoms with Crippen LogP contribution in [0.15, 0.2) is 24.3 Å². The van der Waals surface area contributed by atoms with E-state index in [1.54, 1.807) is 0 Å². The lowest BCUT2D eigenvalue weighted by Gasteiger charge is -2.29. The second-order valence-electron chi connectivity index (χ2n) is 6.26. The van der Waals surface area contributed by atoms with Crippen LogP contribution in [-0.4, -0.2) is 14.8 Å². The van der Waals surface area contributed by atoms with Gasteiger partial charge in [-0.05, 0) is 43.7 Å². The van der Waals surface area contributed by atoms with Crippen LogP contribution in [0.25, 0.3) is 0 Å². The summed E-state index contributed by atoms with van der Waals surface area (Å²) in [4.78, 5) is 0. The third-order valence-corrected chi connectivity index (χ3v) is 4.85. The number of aromatic nitrogens is 3. The first kappa shape index (κ1) is 13.0. The molecule has 0 amide bonds. The molecule has 1 aromatic heterocycles. The number of nitrogens with one attached hydrogen (secondary N) is 1. The molecule has 110 valence electrons. The minimum Gasteiger partial charge on any atom is -0.314 e. The van der Waals surface area contributed by atoms with Crippen LogP contribution < -0.4 is 5.32 Å². The van der Waals surface area contributed by atoms with Gasteiger partial charge < -0.3 is 9.88 Å². The number of nitrogens with zero attached hydrogens (tertiary/aromatic N) is 3. The fraction of sp³-hybridized carbons (Fsp3) is 0.529. The Morgan fingerprint density at radius 3 is 3.05 bits per heavy atom. The standard InChI is InChI=1S/C17H22N4/c1-12(17-20-19-16-10-5-11-21(16)17)18-15-9-4-7-13-6-2-3-8-14(13)15/h2-3,6,8,12,15,18H,4-5,7,9-11H2,1H3. The first-order valence-electron chi connectivity index (χ1n) is 8.09. The van der Waals surface area contributed by atoms with Crippen molar-refractivity contribution in [2.45, 2.75) is 57.7 Å². The van der Waals surface area contributed by atoms with Gasteiger partial charge in [-0.25, -0.2) is 0 Å². The topological polar surface area (TPSA) is 42.7 Å². The van der Waals surface area contributed by atoms with Crippen LogP contribution in [0, 0.1) is 0 Å². The Morgan fingerprint density at radius 1 is 1.19 bits per heavy atom. The van der Waals surface area contributed by atoms with E-state index in [1.165, 1.54) is 36.8 Å². The van der Waals surface area contributed by atoms with Crippen molar-refractivity contribution < 1.29 is 0 Å². The fourth-order valence-electron chi connectivity index (χ4n) is 3.80. The highest BCUT2D eigenvalue weighted by Gasteiger charge is 2.25. The maximum absolute atomic E-state index is 4.41. The molecular formula is C17H22N4. The molecule has 2 aromatic rings. The second kappa shape index (κ2) is 5.26. The van der Waals surface area contributed by atoms with Gasteiger partial charge in [0.05, 0.1) is 6.04 Å². The number of hydrogen-bond donors (Lipinski definition) is 1. The summed E-state index contributed by atoms with van der Waals surface area (Å²) in [6.45, 7) is 3.29. The zero-order valence-electron chi connectivity index (χ0n) is 12.5. The number of aryl methyl sites for hydroxylation is 2. The van der Waals surface area contributed by atoms with Crippen LogP contribution in [0.4, 0.5) is 0 Å². The molecule has 21 heavy (non-hydrogen) atoms. The molecule has 0 fully saturated rings. The molecule has 1 aromatic carbocycles. The molecule has 0 radical (unpaired) electrons. The lowest BCUT2D eigenvalue weighted by atomic mass is 9.87. The van der Waals surface area contributed by atoms with Gasteiger partial charge in [0.25, 0.3) is 0 Å². The summed E-state index contributed by atoms with van der Waals surface area (Å²) in [6, 6.07) is 9.53. The summed E-state index contributed by atoms with van der Waals surface area (Å²) in [5.41, 5.74) is 2.97. The lowest BCUT2D eigenvalue weighted by Crippen LogP contribution is -2.29. The van der Waals surface area contributed by atoms with Gasteiger partial charge in [0.1, 0.15) is 11.6 Å². The van der Waals surface area contributed by atoms with Crippen molar-refractivity contribution in [2.24, 2.45) is 0 Å². The Hall–Kier alpha value is -1.68. The molecule has 1 aliphatic heterocycles. The molecule has 1 aliphatic carbocycles. The van der Waals surface area contributed by atoms with Crippen LogP contribution >= 0.6 is 0 Å². The largest absolute Gasteiger partial charge is 0.314 e. The summed E-state index contributed by atoms with van der Waals surface area (Å²) >= 11 is 0. The Balaban J connectivity index is 1.56. The highest BCUT2D eigenvalue weighted by Crippen LogP contribution is 2.31. The van der Waals surface area contributed by atoms with Crippen LogP contribution in [0.3, 0.4) is 0 Å². The van der Waals surface area contributed by atoms with Crippen molar-refractivity contribution in [3.8, 4) is 0 Å². The van der Waals surface area contributed by atoms with Crippen LogP contribution in [0.1, 0.15) is 61.0 Å². The Bertz CT molecular complexity index is 646. The fourth-order valence-corrected chi connectivity index (χ4v) is 3.80. The lowest BCUT2D eigenvalue weighted by molar-refractivity contribution is 0.398. The van der Waals surface area contributed by atoms with E-state index in [9.17, 15) is 0 Å². The van der Waals surface area contributed by atoms with Gasteiger partial charge in [0.2, 0.25) is 0 Å². The molecule has 4 rings (SSSR count). The van der Waals surface area contributed by atoms with Crippen molar-refractivity contribution in [3.05, 3.63) is 47.0 Å². The zero-order chi connectivity index (χ0) is 14.2. The van der Waals surface area contributed by atoms with Crippen molar-refractivity contribution in [1.82, 2.24) is 20.1 Å². The maximum Gasteiger partial charge on any atom is 0.149 e. The minimum atomic E-state index is 0.250. The molecule has 0 saturated heterocycles. The maximum atomic E-state index is 4.41. The van der Waals surface area contributed by atoms with Crippen LogP contribution in [0.5, 0.6) is 0 Å². The molecule has 4 nitrogen and oxygen atoms in total. The summed E-state index contributed by atoms with van der Waals surface area (Å²) in [5.74, 6) is 2.26. The third-order valence-electron chi connectivity index (χ3n) is 4.85. The third kappa shape index (κ3) is 2.27. The summed E-state index contributed by atoms with van der Waals surface area (Å²) in [7, 11) is 0. The second-order valence-corrected chi connectivity index (χ2v) is 6.26. The van der Waals surface area contributed by atoms with Crippen LogP contribution in [-0.2, 0) is 19.4 Å². The summed E-state index contributed by atoms with van der Waals surface area (Å²) in [6.07, 6.45) is 5.97. The molecule has 2 atom stereocenters. The van der Waals surface area contributed by atoms with Gasteiger partial charge in [-0.3, -0.25) is 0 Å². The van der Waals surface area contributed by atoms with Gasteiger partial charge in [-0.2, -0.15) is 0 Å². The van der Waals surface area contributed by atoms with Gasteiger partial charge >= 0.3 is 0 Å². The first-order valence-corrected chi connectivity index (χ1v) is 8.09. The zero-order valence-corrected chi connectivity index (χ0v) is 12.5. The van der Waals surface area contributed by atoms with Crippen molar-refractivity contribution in [1.29, 1.82) is 0 Å². The summed E-state index contributed by atoms with van der Waals surface area (Å²) in [5, 5.41) is 12.5. The monoisotopic (exact) mass is 282 g/mol. The average molecular weight is 282 g/mol. The van der Waals surface area contributed by atoms with Crippen molar-refractivity contribution >= 4 is 0 Å². The van der Waals surface area contributed by atoms with Gasteiger partial charge in [-0.1, -0.05) is 24.3 Å². The molecule has 4 heteroatoms. The van der Waals surface area contributed by atoms with Gasteiger partial charge in [-0.15, -0.1) is 10.2 Å². The van der Waals surface area contributed by atoms with Crippen molar-refractivity contribution in [3.63, 3.8) is 0 Å². The predicted octanol–water partition coefficient (Wildman–Crippen LogP) is 2.95. The Morgan fingerprint density at radius 2 is 2.10 bits per heavy atom. The van der Waals surface area contributed by atoms with Gasteiger partial charge in [0.15, 0.2) is 0 Å². The van der Waals surface area contributed by atoms with E-state index >= 15 is 0 Å². The number of rotatable bonds is 3. The first-order chi connectivity index (χ1) is 10.3. The molecule has 1 N–H and O–H groups in total. The molecule has 0 saturated carbocycles. The van der Waals surface area contributed by atoms with E-state index in [0.29, 0.717) is 6.04 Å². The predicted molar refractivity (Wildman–Crippen MR) is 82.0 cm³/mol. The molecule has 0 spiro atoms. The van der Waals surface area contributed by atoms with E-state index in [4.69, 9.17) is 0 Å². The molecule has 0 bridgehead atoms. The average Bonchev–Trinajstić information content (AvgIpc) is 3.10. The molecular weight excluding hydrogens is 260 g/mol. The minimum absolute atomic E-state index is 0.250.